The Balaban J connectivity index is 2.26. The number of nitrogens with zero attached hydrogens (tertiary/aromatic N) is 1. The lowest BCUT2D eigenvalue weighted by Crippen LogP contribution is -2.23. The average molecular weight is 272 g/mol. The molecule has 19 heavy (non-hydrogen) atoms. The van der Waals surface area contributed by atoms with E-state index in [9.17, 15) is 22.4 Å². The lowest BCUT2D eigenvalue weighted by Gasteiger charge is -2.12. The summed E-state index contributed by atoms with van der Waals surface area (Å²) in [5, 5.41) is 10.8. The highest BCUT2D eigenvalue weighted by molar-refractivity contribution is 5.99. The lowest BCUT2D eigenvalue weighted by atomic mass is 10.1. The third-order valence-corrected chi connectivity index (χ3v) is 2.94. The summed E-state index contributed by atoms with van der Waals surface area (Å²) in [6.45, 7) is 0. The molecular weight excluding hydrogens is 264 g/mol. The topological polar surface area (TPSA) is 52.9 Å². The summed E-state index contributed by atoms with van der Waals surface area (Å²) >= 11 is 0. The Hall–Kier alpha value is -2.10. The molecule has 0 spiro atoms. The van der Waals surface area contributed by atoms with Gasteiger partial charge in [0.15, 0.2) is 0 Å². The third kappa shape index (κ3) is 2.52. The normalized spacial score (nSPS) is 16.6. The Labute approximate surface area is 105 Å². The van der Waals surface area contributed by atoms with Gasteiger partial charge in [0.2, 0.25) is 5.91 Å². The standard InChI is InChI=1S/C12H8F4N2O/c13-8-2-1-7(12(14,15)16)5-9(8)18-10(19)11(6-17)3-4-11/h1-2,5H,3-4H2,(H,18,19). The van der Waals surface area contributed by atoms with Crippen LogP contribution in [-0.4, -0.2) is 5.91 Å². The predicted octanol–water partition coefficient (Wildman–Crippen LogP) is 3.09. The van der Waals surface area contributed by atoms with E-state index in [-0.39, 0.29) is 0 Å². The van der Waals surface area contributed by atoms with Gasteiger partial charge in [0.25, 0.3) is 0 Å². The molecule has 0 saturated heterocycles. The van der Waals surface area contributed by atoms with E-state index in [1.54, 1.807) is 6.07 Å². The van der Waals surface area contributed by atoms with E-state index in [4.69, 9.17) is 5.26 Å². The van der Waals surface area contributed by atoms with E-state index in [1.807, 2.05) is 5.32 Å². The zero-order valence-corrected chi connectivity index (χ0v) is 9.51. The van der Waals surface area contributed by atoms with Crippen molar-refractivity contribution in [1.82, 2.24) is 0 Å². The Bertz CT molecular complexity index is 570. The fourth-order valence-corrected chi connectivity index (χ4v) is 1.55. The number of carbonyl (C=O) groups excluding carboxylic acids is 1. The highest BCUT2D eigenvalue weighted by Gasteiger charge is 2.50. The van der Waals surface area contributed by atoms with Crippen molar-refractivity contribution < 1.29 is 22.4 Å². The molecule has 0 aliphatic heterocycles. The van der Waals surface area contributed by atoms with Gasteiger partial charge in [0.05, 0.1) is 17.3 Å². The van der Waals surface area contributed by atoms with Crippen molar-refractivity contribution >= 4 is 11.6 Å². The van der Waals surface area contributed by atoms with Crippen molar-refractivity contribution in [2.24, 2.45) is 5.41 Å². The SMILES string of the molecule is N#CC1(C(=O)Nc2cc(C(F)(F)F)ccc2F)CC1. The molecular formula is C12H8F4N2O. The van der Waals surface area contributed by atoms with Crippen molar-refractivity contribution in [3.63, 3.8) is 0 Å². The zero-order chi connectivity index (χ0) is 14.3. The van der Waals surface area contributed by atoms with Crippen LogP contribution in [0.4, 0.5) is 23.2 Å². The number of halogens is 4. The molecule has 7 heteroatoms. The van der Waals surface area contributed by atoms with Crippen LogP contribution < -0.4 is 5.32 Å². The van der Waals surface area contributed by atoms with Gasteiger partial charge < -0.3 is 5.32 Å². The molecule has 1 fully saturated rings. The van der Waals surface area contributed by atoms with Gasteiger partial charge >= 0.3 is 6.18 Å². The van der Waals surface area contributed by atoms with Crippen molar-refractivity contribution in [2.75, 3.05) is 5.32 Å². The summed E-state index contributed by atoms with van der Waals surface area (Å²) in [7, 11) is 0. The van der Waals surface area contributed by atoms with E-state index >= 15 is 0 Å². The maximum absolute atomic E-state index is 13.4. The first kappa shape index (κ1) is 13.3. The van der Waals surface area contributed by atoms with Crippen LogP contribution in [0.1, 0.15) is 18.4 Å². The van der Waals surface area contributed by atoms with Crippen LogP contribution in [0.25, 0.3) is 0 Å². The number of anilines is 1. The fraction of sp³-hybridized carbons (Fsp3) is 0.333. The highest BCUT2D eigenvalue weighted by atomic mass is 19.4. The summed E-state index contributed by atoms with van der Waals surface area (Å²) in [6.07, 6.45) is -3.97. The molecule has 0 bridgehead atoms. The van der Waals surface area contributed by atoms with Gasteiger partial charge in [-0.05, 0) is 31.0 Å². The van der Waals surface area contributed by atoms with Gasteiger partial charge in [0.1, 0.15) is 11.2 Å². The molecule has 1 amide bonds. The molecule has 0 unspecified atom stereocenters. The van der Waals surface area contributed by atoms with Gasteiger partial charge in [-0.15, -0.1) is 0 Å². The van der Waals surface area contributed by atoms with E-state index < -0.39 is 34.6 Å². The first-order valence-electron chi connectivity index (χ1n) is 5.38. The number of hydrogen-bond acceptors (Lipinski definition) is 2. The molecule has 1 saturated carbocycles. The van der Waals surface area contributed by atoms with E-state index in [0.717, 1.165) is 0 Å². The number of nitriles is 1. The molecule has 0 heterocycles. The average Bonchev–Trinajstić information content (AvgIpc) is 3.11. The first-order valence-corrected chi connectivity index (χ1v) is 5.38. The van der Waals surface area contributed by atoms with Gasteiger partial charge in [-0.25, -0.2) is 4.39 Å². The number of rotatable bonds is 2. The minimum Gasteiger partial charge on any atom is -0.322 e. The monoisotopic (exact) mass is 272 g/mol. The minimum atomic E-state index is -4.63. The van der Waals surface area contributed by atoms with E-state index in [1.165, 1.54) is 0 Å². The predicted molar refractivity (Wildman–Crippen MR) is 57.3 cm³/mol. The highest BCUT2D eigenvalue weighted by Crippen LogP contribution is 2.46. The number of alkyl halides is 3. The number of amides is 1. The van der Waals surface area contributed by atoms with Crippen molar-refractivity contribution in [1.29, 1.82) is 5.26 Å². The summed E-state index contributed by atoms with van der Waals surface area (Å²) in [6, 6.07) is 3.51. The third-order valence-electron chi connectivity index (χ3n) is 2.94. The molecule has 1 aromatic carbocycles. The van der Waals surface area contributed by atoms with Crippen LogP contribution in [0.3, 0.4) is 0 Å². The van der Waals surface area contributed by atoms with E-state index in [0.29, 0.717) is 31.0 Å². The second-order valence-corrected chi connectivity index (χ2v) is 4.34. The molecule has 1 aliphatic carbocycles. The molecule has 1 aromatic rings. The molecule has 0 radical (unpaired) electrons. The molecule has 0 atom stereocenters. The second kappa shape index (κ2) is 4.23. The fourth-order valence-electron chi connectivity index (χ4n) is 1.55. The van der Waals surface area contributed by atoms with Gasteiger partial charge in [-0.3, -0.25) is 4.79 Å². The Kier molecular flexibility index (Phi) is 2.97. The molecule has 3 nitrogen and oxygen atoms in total. The van der Waals surface area contributed by atoms with E-state index in [2.05, 4.69) is 0 Å². The van der Waals surface area contributed by atoms with Crippen molar-refractivity contribution in [3.05, 3.63) is 29.6 Å². The molecule has 1 aliphatic rings. The largest absolute Gasteiger partial charge is 0.416 e. The maximum Gasteiger partial charge on any atom is 0.416 e. The molecule has 100 valence electrons. The minimum absolute atomic E-state index is 0.329. The quantitative estimate of drug-likeness (QED) is 0.841. The number of nitrogens with one attached hydrogen (secondary N) is 1. The molecule has 1 N–H and O–H groups in total. The molecule has 0 aromatic heterocycles. The summed E-state index contributed by atoms with van der Waals surface area (Å²) in [4.78, 5) is 11.7. The van der Waals surface area contributed by atoms with Crippen molar-refractivity contribution in [2.45, 2.75) is 19.0 Å². The Morgan fingerprint density at radius 2 is 2.00 bits per heavy atom. The van der Waals surface area contributed by atoms with Gasteiger partial charge in [0, 0.05) is 0 Å². The summed E-state index contributed by atoms with van der Waals surface area (Å²) < 4.78 is 50.8. The van der Waals surface area contributed by atoms with Gasteiger partial charge in [-0.1, -0.05) is 0 Å². The van der Waals surface area contributed by atoms with Gasteiger partial charge in [-0.2, -0.15) is 18.4 Å². The van der Waals surface area contributed by atoms with Crippen LogP contribution >= 0.6 is 0 Å². The van der Waals surface area contributed by atoms with Crippen LogP contribution in [-0.2, 0) is 11.0 Å². The zero-order valence-electron chi connectivity index (χ0n) is 9.51. The lowest BCUT2D eigenvalue weighted by molar-refractivity contribution is -0.137. The smallest absolute Gasteiger partial charge is 0.322 e. The van der Waals surface area contributed by atoms with Crippen LogP contribution in [0.2, 0.25) is 0 Å². The van der Waals surface area contributed by atoms with Crippen LogP contribution in [0, 0.1) is 22.6 Å². The Morgan fingerprint density at radius 1 is 1.37 bits per heavy atom. The number of benzene rings is 1. The van der Waals surface area contributed by atoms with Crippen molar-refractivity contribution in [3.8, 4) is 6.07 Å². The number of carbonyl (C=O) groups is 1. The number of hydrogen-bond donors (Lipinski definition) is 1. The van der Waals surface area contributed by atoms with Crippen LogP contribution in [0.15, 0.2) is 18.2 Å². The summed E-state index contributed by atoms with van der Waals surface area (Å²) in [5.74, 6) is -1.75. The first-order chi connectivity index (χ1) is 8.78. The van der Waals surface area contributed by atoms with Crippen LogP contribution in [0.5, 0.6) is 0 Å². The second-order valence-electron chi connectivity index (χ2n) is 4.34. The molecule has 2 rings (SSSR count). The summed E-state index contributed by atoms with van der Waals surface area (Å²) in [5.41, 5.74) is -2.85. The Morgan fingerprint density at radius 3 is 2.47 bits per heavy atom. The maximum atomic E-state index is 13.4.